The van der Waals surface area contributed by atoms with Gasteiger partial charge in [-0.25, -0.2) is 9.97 Å². The highest BCUT2D eigenvalue weighted by molar-refractivity contribution is 14.1. The maximum Gasteiger partial charge on any atom is 0.223 e. The molecule has 5 rings (SSSR count). The van der Waals surface area contributed by atoms with Crippen molar-refractivity contribution < 1.29 is 9.47 Å². The summed E-state index contributed by atoms with van der Waals surface area (Å²) in [5.74, 6) is 0.651. The molecule has 0 bridgehead atoms. The number of hydrogen-bond donors (Lipinski definition) is 0. The van der Waals surface area contributed by atoms with Crippen molar-refractivity contribution in [1.82, 2.24) is 9.97 Å². The minimum atomic E-state index is -0.414. The van der Waals surface area contributed by atoms with Crippen LogP contribution in [0.15, 0.2) is 48.5 Å². The number of halogens is 2. The highest BCUT2D eigenvalue weighted by Gasteiger charge is 2.42. The fourth-order valence-corrected chi connectivity index (χ4v) is 5.69. The van der Waals surface area contributed by atoms with E-state index in [2.05, 4.69) is 70.0 Å². The molecular formula is C26H28ClIN2O2. The molecular weight excluding hydrogens is 535 g/mol. The van der Waals surface area contributed by atoms with E-state index in [1.807, 2.05) is 6.07 Å². The van der Waals surface area contributed by atoms with E-state index in [-0.39, 0.29) is 11.6 Å². The Morgan fingerprint density at radius 3 is 2.59 bits per heavy atom. The predicted molar refractivity (Wildman–Crippen MR) is 136 cm³/mol. The molecule has 168 valence electrons. The van der Waals surface area contributed by atoms with E-state index in [1.54, 1.807) is 0 Å². The zero-order valence-corrected chi connectivity index (χ0v) is 21.0. The Morgan fingerprint density at radius 1 is 1.03 bits per heavy atom. The lowest BCUT2D eigenvalue weighted by Gasteiger charge is -2.41. The summed E-state index contributed by atoms with van der Waals surface area (Å²) in [5, 5.41) is 1.34. The van der Waals surface area contributed by atoms with Gasteiger partial charge in [0, 0.05) is 15.6 Å². The highest BCUT2D eigenvalue weighted by atomic mass is 127. The number of fused-ring (bicyclic) bond motifs is 1. The van der Waals surface area contributed by atoms with Crippen LogP contribution in [-0.4, -0.2) is 29.5 Å². The van der Waals surface area contributed by atoms with E-state index in [0.29, 0.717) is 12.5 Å². The Morgan fingerprint density at radius 2 is 1.88 bits per heavy atom. The molecule has 0 amide bonds. The molecule has 0 N–H and O–H groups in total. The third-order valence-corrected chi connectivity index (χ3v) is 7.77. The van der Waals surface area contributed by atoms with Crippen molar-refractivity contribution in [2.45, 2.75) is 56.7 Å². The van der Waals surface area contributed by atoms with Crippen molar-refractivity contribution in [3.63, 3.8) is 0 Å². The lowest BCUT2D eigenvalue weighted by atomic mass is 9.66. The summed E-state index contributed by atoms with van der Waals surface area (Å²) in [6, 6.07) is 17.0. The van der Waals surface area contributed by atoms with Gasteiger partial charge in [-0.2, -0.15) is 0 Å². The van der Waals surface area contributed by atoms with Gasteiger partial charge in [0.25, 0.3) is 0 Å². The Balaban J connectivity index is 1.67. The van der Waals surface area contributed by atoms with Crippen LogP contribution in [-0.2, 0) is 14.9 Å². The summed E-state index contributed by atoms with van der Waals surface area (Å²) in [4.78, 5) is 9.43. The van der Waals surface area contributed by atoms with Crippen molar-refractivity contribution in [3.05, 3.63) is 68.6 Å². The molecule has 0 spiro atoms. The van der Waals surface area contributed by atoms with E-state index >= 15 is 0 Å². The van der Waals surface area contributed by atoms with Gasteiger partial charge in [-0.3, -0.25) is 0 Å². The van der Waals surface area contributed by atoms with Gasteiger partial charge < -0.3 is 9.47 Å². The molecule has 2 atom stereocenters. The molecule has 32 heavy (non-hydrogen) atoms. The Kier molecular flexibility index (Phi) is 6.98. The van der Waals surface area contributed by atoms with E-state index in [4.69, 9.17) is 26.1 Å². The van der Waals surface area contributed by atoms with Gasteiger partial charge in [-0.15, -0.1) is 0 Å². The molecule has 0 radical (unpaired) electrons. The van der Waals surface area contributed by atoms with E-state index < -0.39 is 5.41 Å². The quantitative estimate of drug-likeness (QED) is 0.232. The SMILES string of the molecule is Clc1nc(C(COC2CCCCO2)(CC2CCC2)c2ccccc2)c2cc(I)ccc2n1. The van der Waals surface area contributed by atoms with Gasteiger partial charge in [0.1, 0.15) is 0 Å². The normalized spacial score (nSPS) is 21.2. The first kappa shape index (κ1) is 22.5. The van der Waals surface area contributed by atoms with Gasteiger partial charge in [-0.1, -0.05) is 49.6 Å². The maximum absolute atomic E-state index is 6.52. The monoisotopic (exact) mass is 562 g/mol. The summed E-state index contributed by atoms with van der Waals surface area (Å²) in [6.45, 7) is 1.29. The van der Waals surface area contributed by atoms with Crippen LogP contribution in [0.4, 0.5) is 0 Å². The second-order valence-corrected chi connectivity index (χ2v) is 10.6. The maximum atomic E-state index is 6.52. The van der Waals surface area contributed by atoms with Gasteiger partial charge >= 0.3 is 0 Å². The van der Waals surface area contributed by atoms with Gasteiger partial charge in [0.2, 0.25) is 5.28 Å². The molecule has 1 saturated carbocycles. The summed E-state index contributed by atoms with van der Waals surface area (Å²) < 4.78 is 13.6. The molecule has 2 heterocycles. The number of nitrogens with zero attached hydrogens (tertiary/aromatic N) is 2. The van der Waals surface area contributed by atoms with Crippen LogP contribution < -0.4 is 0 Å². The summed E-state index contributed by atoms with van der Waals surface area (Å²) in [7, 11) is 0. The number of hydrogen-bond acceptors (Lipinski definition) is 4. The molecule has 3 aromatic rings. The van der Waals surface area contributed by atoms with Crippen LogP contribution >= 0.6 is 34.2 Å². The third kappa shape index (κ3) is 4.67. The van der Waals surface area contributed by atoms with Crippen LogP contribution in [0, 0.1) is 9.49 Å². The van der Waals surface area contributed by atoms with Crippen LogP contribution in [0.25, 0.3) is 10.9 Å². The van der Waals surface area contributed by atoms with Crippen LogP contribution in [0.5, 0.6) is 0 Å². The lowest BCUT2D eigenvalue weighted by molar-refractivity contribution is -0.171. The standard InChI is InChI=1S/C26H28ClIN2O2/c27-25-29-22-13-12-20(28)15-21(22)24(30-25)26(16-18-7-6-8-18,19-9-2-1-3-10-19)17-32-23-11-4-5-14-31-23/h1-3,9-10,12-13,15,18,23H,4-8,11,14,16-17H2. The molecule has 1 aliphatic heterocycles. The lowest BCUT2D eigenvalue weighted by Crippen LogP contribution is -2.40. The summed E-state index contributed by atoms with van der Waals surface area (Å²) >= 11 is 8.86. The second kappa shape index (κ2) is 9.92. The average Bonchev–Trinajstić information content (AvgIpc) is 2.79. The van der Waals surface area contributed by atoms with E-state index in [0.717, 1.165) is 52.5 Å². The fraction of sp³-hybridized carbons (Fsp3) is 0.462. The summed E-state index contributed by atoms with van der Waals surface area (Å²) in [6.07, 6.45) is 7.83. The second-order valence-electron chi connectivity index (χ2n) is 9.06. The van der Waals surface area contributed by atoms with Crippen molar-refractivity contribution in [1.29, 1.82) is 0 Å². The molecule has 2 aliphatic rings. The minimum Gasteiger partial charge on any atom is -0.353 e. The van der Waals surface area contributed by atoms with Crippen LogP contribution in [0.3, 0.4) is 0 Å². The predicted octanol–water partition coefficient (Wildman–Crippen LogP) is 6.91. The molecule has 6 heteroatoms. The average molecular weight is 563 g/mol. The smallest absolute Gasteiger partial charge is 0.223 e. The van der Waals surface area contributed by atoms with E-state index in [1.165, 1.54) is 24.8 Å². The van der Waals surface area contributed by atoms with Crippen molar-refractivity contribution >= 4 is 45.1 Å². The first-order valence-corrected chi connectivity index (χ1v) is 13.0. The fourth-order valence-electron chi connectivity index (χ4n) is 5.02. The molecule has 4 nitrogen and oxygen atoms in total. The Labute approximate surface area is 208 Å². The van der Waals surface area contributed by atoms with Crippen molar-refractivity contribution in [2.75, 3.05) is 13.2 Å². The third-order valence-electron chi connectivity index (χ3n) is 6.93. The van der Waals surface area contributed by atoms with Gasteiger partial charge in [0.05, 0.1) is 23.2 Å². The van der Waals surface area contributed by atoms with Crippen molar-refractivity contribution in [3.8, 4) is 0 Å². The Hall–Kier alpha value is -1.28. The molecule has 1 saturated heterocycles. The van der Waals surface area contributed by atoms with Crippen LogP contribution in [0.1, 0.15) is 56.2 Å². The Bertz CT molecular complexity index is 1070. The minimum absolute atomic E-state index is 0.156. The number of benzene rings is 2. The van der Waals surface area contributed by atoms with Gasteiger partial charge in [-0.05, 0) is 89.6 Å². The molecule has 2 aromatic carbocycles. The number of rotatable bonds is 7. The van der Waals surface area contributed by atoms with Crippen molar-refractivity contribution in [2.24, 2.45) is 5.92 Å². The largest absolute Gasteiger partial charge is 0.353 e. The number of aromatic nitrogens is 2. The molecule has 2 unspecified atom stereocenters. The highest BCUT2D eigenvalue weighted by Crippen LogP contribution is 2.46. The zero-order chi connectivity index (χ0) is 22.0. The first-order valence-electron chi connectivity index (χ1n) is 11.6. The zero-order valence-electron chi connectivity index (χ0n) is 18.1. The molecule has 2 fully saturated rings. The first-order chi connectivity index (χ1) is 15.6. The summed E-state index contributed by atoms with van der Waals surface area (Å²) in [5.41, 5.74) is 2.66. The molecule has 1 aliphatic carbocycles. The molecule has 1 aromatic heterocycles. The van der Waals surface area contributed by atoms with Crippen LogP contribution in [0.2, 0.25) is 5.28 Å². The van der Waals surface area contributed by atoms with Gasteiger partial charge in [0.15, 0.2) is 6.29 Å². The number of ether oxygens (including phenoxy) is 2. The van der Waals surface area contributed by atoms with E-state index in [9.17, 15) is 0 Å². The topological polar surface area (TPSA) is 44.2 Å².